The van der Waals surface area contributed by atoms with E-state index in [4.69, 9.17) is 4.74 Å². The van der Waals surface area contributed by atoms with Crippen LogP contribution in [-0.4, -0.2) is 27.7 Å². The van der Waals surface area contributed by atoms with Crippen LogP contribution >= 0.6 is 11.8 Å². The lowest BCUT2D eigenvalue weighted by molar-refractivity contribution is 0.415. The van der Waals surface area contributed by atoms with Crippen molar-refractivity contribution >= 4 is 17.4 Å². The number of hydrogen-bond acceptors (Lipinski definition) is 4. The first-order chi connectivity index (χ1) is 9.31. The first-order valence-electron chi connectivity index (χ1n) is 5.83. The lowest BCUT2D eigenvalue weighted by Crippen LogP contribution is -1.88. The van der Waals surface area contributed by atoms with E-state index >= 15 is 0 Å². The summed E-state index contributed by atoms with van der Waals surface area (Å²) in [5, 5.41) is 0. The Morgan fingerprint density at radius 3 is 2.95 bits per heavy atom. The second-order valence-electron chi connectivity index (χ2n) is 4.03. The van der Waals surface area contributed by atoms with Gasteiger partial charge in [0.1, 0.15) is 5.75 Å². The molecular formula is C14H13N3OS. The molecule has 4 nitrogen and oxygen atoms in total. The van der Waals surface area contributed by atoms with Gasteiger partial charge >= 0.3 is 0 Å². The number of methoxy groups -OCH3 is 1. The zero-order chi connectivity index (χ0) is 13.2. The minimum absolute atomic E-state index is 0.827. The second kappa shape index (κ2) is 4.93. The fraction of sp³-hybridized carbons (Fsp3) is 0.143. The molecule has 0 atom stereocenters. The van der Waals surface area contributed by atoms with Crippen LogP contribution in [0.3, 0.4) is 0 Å². The summed E-state index contributed by atoms with van der Waals surface area (Å²) in [6.45, 7) is 0. The quantitative estimate of drug-likeness (QED) is 0.686. The van der Waals surface area contributed by atoms with Gasteiger partial charge in [-0.15, -0.1) is 11.8 Å². The van der Waals surface area contributed by atoms with Crippen LogP contribution in [0.5, 0.6) is 5.75 Å². The Morgan fingerprint density at radius 1 is 1.32 bits per heavy atom. The van der Waals surface area contributed by atoms with E-state index in [1.54, 1.807) is 31.3 Å². The molecule has 0 saturated carbocycles. The molecule has 1 aromatic carbocycles. The number of hydrogen-bond donors (Lipinski definition) is 0. The molecule has 0 amide bonds. The lowest BCUT2D eigenvalue weighted by Gasteiger charge is -2.07. The van der Waals surface area contributed by atoms with Gasteiger partial charge < -0.3 is 9.14 Å². The Balaban J connectivity index is 2.15. The predicted molar refractivity (Wildman–Crippen MR) is 76.8 cm³/mol. The summed E-state index contributed by atoms with van der Waals surface area (Å²) < 4.78 is 7.41. The van der Waals surface area contributed by atoms with Crippen LogP contribution in [0.1, 0.15) is 0 Å². The molecule has 2 aromatic heterocycles. The second-order valence-corrected chi connectivity index (χ2v) is 4.91. The van der Waals surface area contributed by atoms with Crippen LogP contribution in [-0.2, 0) is 0 Å². The number of imidazole rings is 1. The van der Waals surface area contributed by atoms with Crippen molar-refractivity contribution < 1.29 is 4.74 Å². The van der Waals surface area contributed by atoms with Gasteiger partial charge in [-0.25, -0.2) is 4.98 Å². The summed E-state index contributed by atoms with van der Waals surface area (Å²) in [5.74, 6) is 0.836. The SMILES string of the molecule is COc1cc(SC)ccc1-c1cn2ccncc2n1. The average Bonchev–Trinajstić information content (AvgIpc) is 2.90. The van der Waals surface area contributed by atoms with Crippen LogP contribution < -0.4 is 4.74 Å². The number of benzene rings is 1. The number of aromatic nitrogens is 3. The number of thioether (sulfide) groups is 1. The average molecular weight is 271 g/mol. The Labute approximate surface area is 115 Å². The van der Waals surface area contributed by atoms with Gasteiger partial charge in [0.2, 0.25) is 0 Å². The third-order valence-electron chi connectivity index (χ3n) is 2.95. The van der Waals surface area contributed by atoms with Crippen LogP contribution in [0.25, 0.3) is 16.9 Å². The van der Waals surface area contributed by atoms with Gasteiger partial charge in [-0.1, -0.05) is 0 Å². The monoisotopic (exact) mass is 271 g/mol. The molecule has 0 radical (unpaired) electrons. The summed E-state index contributed by atoms with van der Waals surface area (Å²) in [7, 11) is 1.68. The van der Waals surface area contributed by atoms with Gasteiger partial charge in [0.15, 0.2) is 5.65 Å². The minimum Gasteiger partial charge on any atom is -0.496 e. The Hall–Kier alpha value is -2.01. The van der Waals surface area contributed by atoms with E-state index in [0.29, 0.717) is 0 Å². The van der Waals surface area contributed by atoms with Crippen molar-refractivity contribution in [3.8, 4) is 17.0 Å². The van der Waals surface area contributed by atoms with Gasteiger partial charge in [0, 0.05) is 29.0 Å². The van der Waals surface area contributed by atoms with E-state index in [1.165, 1.54) is 4.90 Å². The third-order valence-corrected chi connectivity index (χ3v) is 3.67. The number of nitrogens with zero attached hydrogens (tertiary/aromatic N) is 3. The van der Waals surface area contributed by atoms with Crippen molar-refractivity contribution in [2.75, 3.05) is 13.4 Å². The van der Waals surface area contributed by atoms with Crippen molar-refractivity contribution in [1.29, 1.82) is 0 Å². The molecule has 2 heterocycles. The molecule has 5 heteroatoms. The van der Waals surface area contributed by atoms with Gasteiger partial charge in [-0.2, -0.15) is 0 Å². The molecule has 0 unspecified atom stereocenters. The van der Waals surface area contributed by atoms with Crippen molar-refractivity contribution in [2.45, 2.75) is 4.90 Å². The molecule has 0 spiro atoms. The molecule has 0 saturated heterocycles. The van der Waals surface area contributed by atoms with Gasteiger partial charge in [0.05, 0.1) is 19.0 Å². The Bertz CT molecular complexity index is 691. The molecule has 3 aromatic rings. The zero-order valence-corrected chi connectivity index (χ0v) is 11.5. The molecule has 0 aliphatic heterocycles. The molecule has 96 valence electrons. The van der Waals surface area contributed by atoms with E-state index in [9.17, 15) is 0 Å². The van der Waals surface area contributed by atoms with Crippen LogP contribution in [0.4, 0.5) is 0 Å². The fourth-order valence-electron chi connectivity index (χ4n) is 1.98. The topological polar surface area (TPSA) is 39.4 Å². The van der Waals surface area contributed by atoms with E-state index in [2.05, 4.69) is 16.0 Å². The standard InChI is InChI=1S/C14H13N3OS/c1-18-13-7-10(19-2)3-4-11(13)12-9-17-6-5-15-8-14(17)16-12/h3-9H,1-2H3. The summed E-state index contributed by atoms with van der Waals surface area (Å²) >= 11 is 1.69. The Morgan fingerprint density at radius 2 is 2.21 bits per heavy atom. The number of ether oxygens (including phenoxy) is 1. The zero-order valence-electron chi connectivity index (χ0n) is 10.7. The summed E-state index contributed by atoms with van der Waals surface area (Å²) in [6.07, 6.45) is 9.39. The number of fused-ring (bicyclic) bond motifs is 1. The predicted octanol–water partition coefficient (Wildman–Crippen LogP) is 3.13. The summed E-state index contributed by atoms with van der Waals surface area (Å²) in [4.78, 5) is 9.80. The molecule has 0 N–H and O–H groups in total. The van der Waals surface area contributed by atoms with E-state index in [0.717, 1.165) is 22.7 Å². The van der Waals surface area contributed by atoms with Gasteiger partial charge in [-0.3, -0.25) is 4.98 Å². The number of rotatable bonds is 3. The Kier molecular flexibility index (Phi) is 3.13. The van der Waals surface area contributed by atoms with Crippen LogP contribution in [0.2, 0.25) is 0 Å². The molecule has 0 fully saturated rings. The van der Waals surface area contributed by atoms with E-state index in [1.807, 2.05) is 35.2 Å². The minimum atomic E-state index is 0.827. The first-order valence-corrected chi connectivity index (χ1v) is 7.05. The highest BCUT2D eigenvalue weighted by atomic mass is 32.2. The largest absolute Gasteiger partial charge is 0.496 e. The first kappa shape index (κ1) is 12.0. The molecule has 19 heavy (non-hydrogen) atoms. The van der Waals surface area contributed by atoms with Crippen LogP contribution in [0, 0.1) is 0 Å². The molecule has 0 aliphatic carbocycles. The van der Waals surface area contributed by atoms with Crippen LogP contribution in [0.15, 0.2) is 47.9 Å². The van der Waals surface area contributed by atoms with Crippen molar-refractivity contribution in [2.24, 2.45) is 0 Å². The maximum atomic E-state index is 5.46. The molecule has 0 aliphatic rings. The summed E-state index contributed by atoms with van der Waals surface area (Å²) in [5.41, 5.74) is 2.70. The summed E-state index contributed by atoms with van der Waals surface area (Å²) in [6, 6.07) is 6.15. The van der Waals surface area contributed by atoms with Crippen molar-refractivity contribution in [1.82, 2.24) is 14.4 Å². The lowest BCUT2D eigenvalue weighted by atomic mass is 10.1. The molecular weight excluding hydrogens is 258 g/mol. The van der Waals surface area contributed by atoms with Gasteiger partial charge in [0.25, 0.3) is 0 Å². The van der Waals surface area contributed by atoms with E-state index in [-0.39, 0.29) is 0 Å². The highest BCUT2D eigenvalue weighted by Crippen LogP contribution is 2.32. The normalized spacial score (nSPS) is 10.8. The van der Waals surface area contributed by atoms with E-state index < -0.39 is 0 Å². The van der Waals surface area contributed by atoms with Gasteiger partial charge in [-0.05, 0) is 24.5 Å². The molecule has 3 rings (SSSR count). The maximum absolute atomic E-state index is 5.46. The van der Waals surface area contributed by atoms with Crippen molar-refractivity contribution in [3.05, 3.63) is 43.0 Å². The highest BCUT2D eigenvalue weighted by Gasteiger charge is 2.10. The highest BCUT2D eigenvalue weighted by molar-refractivity contribution is 7.98. The maximum Gasteiger partial charge on any atom is 0.155 e. The fourth-order valence-corrected chi connectivity index (χ4v) is 2.41. The smallest absolute Gasteiger partial charge is 0.155 e. The molecule has 0 bridgehead atoms. The van der Waals surface area contributed by atoms with Crippen molar-refractivity contribution in [3.63, 3.8) is 0 Å². The third kappa shape index (κ3) is 2.17.